The first-order valence-electron chi connectivity index (χ1n) is 15.0. The van der Waals surface area contributed by atoms with E-state index in [1.807, 2.05) is 44.2 Å². The number of aliphatic imine (C=N–C) groups is 2. The Bertz CT molecular complexity index is 1870. The molecule has 6 aromatic rings. The number of nitrogens with zero attached hydrogens (tertiary/aromatic N) is 2. The highest BCUT2D eigenvalue weighted by atomic mass is 15.0. The van der Waals surface area contributed by atoms with Gasteiger partial charge in [0.1, 0.15) is 5.84 Å². The number of fused-ring (bicyclic) bond motifs is 6. The quantitative estimate of drug-likeness (QED) is 0.125. The van der Waals surface area contributed by atoms with Crippen molar-refractivity contribution in [3.8, 4) is 11.1 Å². The molecule has 42 heavy (non-hydrogen) atoms. The second-order valence-electron chi connectivity index (χ2n) is 10.4. The number of amidine groups is 2. The van der Waals surface area contributed by atoms with E-state index in [0.29, 0.717) is 18.2 Å². The fourth-order valence-corrected chi connectivity index (χ4v) is 5.30. The zero-order valence-electron chi connectivity index (χ0n) is 25.0. The van der Waals surface area contributed by atoms with E-state index in [1.165, 1.54) is 43.4 Å². The average molecular weight is 550 g/mol. The molecule has 6 aromatic carbocycles. The monoisotopic (exact) mass is 549 g/mol. The summed E-state index contributed by atoms with van der Waals surface area (Å²) in [4.78, 5) is 9.76. The molecule has 0 aromatic heterocycles. The van der Waals surface area contributed by atoms with Crippen molar-refractivity contribution in [1.29, 1.82) is 0 Å². The van der Waals surface area contributed by atoms with E-state index < -0.39 is 0 Å². The van der Waals surface area contributed by atoms with Crippen LogP contribution in [-0.2, 0) is 6.54 Å². The van der Waals surface area contributed by atoms with Crippen molar-refractivity contribution in [2.45, 2.75) is 40.7 Å². The van der Waals surface area contributed by atoms with Crippen LogP contribution in [0.15, 0.2) is 131 Å². The lowest BCUT2D eigenvalue weighted by atomic mass is 9.91. The van der Waals surface area contributed by atoms with Crippen molar-refractivity contribution >= 4 is 44.0 Å². The third-order valence-electron chi connectivity index (χ3n) is 7.80. The predicted molar refractivity (Wildman–Crippen MR) is 184 cm³/mol. The highest BCUT2D eigenvalue weighted by molar-refractivity contribution is 6.25. The standard InChI is InChI=1S/C37H33N3.C2H6/c1-3-25(2)36(38)40-37(28-14-8-5-9-15-28)39-24-26-18-20-32-30-16-10-11-17-31(30)33-21-19-29(23-35(33)34(32)22-26)27-12-6-4-7-13-27;1-2/h4-23,25H,3,24H2,1-2H3,(H2,38,39,40);1-2H3. The highest BCUT2D eigenvalue weighted by Crippen LogP contribution is 2.37. The molecule has 0 saturated carbocycles. The molecule has 0 aliphatic heterocycles. The van der Waals surface area contributed by atoms with E-state index >= 15 is 0 Å². The van der Waals surface area contributed by atoms with Crippen LogP contribution in [0, 0.1) is 5.92 Å². The molecule has 2 N–H and O–H groups in total. The van der Waals surface area contributed by atoms with Gasteiger partial charge in [0.25, 0.3) is 0 Å². The first-order valence-corrected chi connectivity index (χ1v) is 15.0. The molecule has 0 heterocycles. The van der Waals surface area contributed by atoms with Crippen LogP contribution < -0.4 is 5.73 Å². The molecular weight excluding hydrogens is 510 g/mol. The molecule has 1 atom stereocenters. The zero-order valence-corrected chi connectivity index (χ0v) is 25.0. The topological polar surface area (TPSA) is 50.7 Å². The molecule has 6 rings (SSSR count). The maximum Gasteiger partial charge on any atom is 0.156 e. The minimum atomic E-state index is 0.202. The van der Waals surface area contributed by atoms with E-state index in [0.717, 1.165) is 17.5 Å². The van der Waals surface area contributed by atoms with E-state index in [1.54, 1.807) is 0 Å². The Labute approximate surface area is 249 Å². The zero-order chi connectivity index (χ0) is 29.5. The maximum absolute atomic E-state index is 6.36. The first kappa shape index (κ1) is 28.8. The molecule has 3 nitrogen and oxygen atoms in total. The second-order valence-corrected chi connectivity index (χ2v) is 10.4. The number of rotatable bonds is 6. The summed E-state index contributed by atoms with van der Waals surface area (Å²) in [6.45, 7) is 8.74. The number of benzene rings is 6. The molecule has 0 amide bonds. The molecule has 3 heteroatoms. The van der Waals surface area contributed by atoms with Gasteiger partial charge in [0.2, 0.25) is 0 Å². The summed E-state index contributed by atoms with van der Waals surface area (Å²) >= 11 is 0. The van der Waals surface area contributed by atoms with Crippen molar-refractivity contribution in [2.75, 3.05) is 0 Å². The Hall–Kier alpha value is -4.76. The maximum atomic E-state index is 6.36. The molecule has 0 aliphatic carbocycles. The molecular formula is C39H39N3. The SMILES string of the molecule is CC.CCC(C)C(N)=NC(=NCc1ccc2c3ccccc3c3ccc(-c4ccccc4)cc3c2c1)c1ccccc1. The Kier molecular flexibility index (Phi) is 9.08. The largest absolute Gasteiger partial charge is 0.387 e. The van der Waals surface area contributed by atoms with Crippen LogP contribution in [0.1, 0.15) is 45.2 Å². The Morgan fingerprint density at radius 3 is 1.81 bits per heavy atom. The highest BCUT2D eigenvalue weighted by Gasteiger charge is 2.12. The van der Waals surface area contributed by atoms with E-state index in [4.69, 9.17) is 15.7 Å². The lowest BCUT2D eigenvalue weighted by Gasteiger charge is -2.13. The van der Waals surface area contributed by atoms with Crippen molar-refractivity contribution in [3.05, 3.63) is 132 Å². The van der Waals surface area contributed by atoms with Gasteiger partial charge in [0.15, 0.2) is 5.84 Å². The number of hydrogen-bond acceptors (Lipinski definition) is 1. The summed E-state index contributed by atoms with van der Waals surface area (Å²) in [7, 11) is 0. The summed E-state index contributed by atoms with van der Waals surface area (Å²) in [6.07, 6.45) is 0.939. The smallest absolute Gasteiger partial charge is 0.156 e. The van der Waals surface area contributed by atoms with Crippen LogP contribution in [-0.4, -0.2) is 11.7 Å². The lowest BCUT2D eigenvalue weighted by molar-refractivity contribution is 0.733. The van der Waals surface area contributed by atoms with Gasteiger partial charge in [-0.05, 0) is 67.6 Å². The second kappa shape index (κ2) is 13.3. The summed E-state index contributed by atoms with van der Waals surface area (Å²) in [6, 6.07) is 42.9. The summed E-state index contributed by atoms with van der Waals surface area (Å²) < 4.78 is 0. The van der Waals surface area contributed by atoms with Gasteiger partial charge >= 0.3 is 0 Å². The normalized spacial score (nSPS) is 12.8. The van der Waals surface area contributed by atoms with Gasteiger partial charge < -0.3 is 5.73 Å². The molecule has 0 fully saturated rings. The van der Waals surface area contributed by atoms with Gasteiger partial charge in [-0.25, -0.2) is 4.99 Å². The van der Waals surface area contributed by atoms with Crippen molar-refractivity contribution < 1.29 is 0 Å². The van der Waals surface area contributed by atoms with Crippen LogP contribution in [0.25, 0.3) is 43.4 Å². The number of hydrogen-bond donors (Lipinski definition) is 1. The van der Waals surface area contributed by atoms with Gasteiger partial charge in [0.05, 0.1) is 6.54 Å². The van der Waals surface area contributed by atoms with Gasteiger partial charge in [-0.3, -0.25) is 4.99 Å². The lowest BCUT2D eigenvalue weighted by Crippen LogP contribution is -2.22. The van der Waals surface area contributed by atoms with Crippen LogP contribution in [0.2, 0.25) is 0 Å². The van der Waals surface area contributed by atoms with Crippen LogP contribution in [0.4, 0.5) is 0 Å². The summed E-state index contributed by atoms with van der Waals surface area (Å²) in [5.41, 5.74) is 10.9. The third-order valence-corrected chi connectivity index (χ3v) is 7.80. The van der Waals surface area contributed by atoms with E-state index in [9.17, 15) is 0 Å². The van der Waals surface area contributed by atoms with Crippen molar-refractivity contribution in [2.24, 2.45) is 21.6 Å². The number of nitrogens with two attached hydrogens (primary N) is 1. The Balaban J connectivity index is 0.00000173. The first-order chi connectivity index (χ1) is 20.6. The third kappa shape index (κ3) is 5.96. The fourth-order valence-electron chi connectivity index (χ4n) is 5.30. The summed E-state index contributed by atoms with van der Waals surface area (Å²) in [5, 5.41) is 7.55. The van der Waals surface area contributed by atoms with E-state index in [2.05, 4.69) is 105 Å². The summed E-state index contributed by atoms with van der Waals surface area (Å²) in [5.74, 6) is 1.50. The van der Waals surface area contributed by atoms with Gasteiger partial charge in [-0.15, -0.1) is 0 Å². The molecule has 0 saturated heterocycles. The van der Waals surface area contributed by atoms with Crippen molar-refractivity contribution in [3.63, 3.8) is 0 Å². The minimum absolute atomic E-state index is 0.202. The Morgan fingerprint density at radius 1 is 0.619 bits per heavy atom. The molecule has 1 unspecified atom stereocenters. The molecule has 210 valence electrons. The van der Waals surface area contributed by atoms with Crippen LogP contribution >= 0.6 is 0 Å². The fraction of sp³-hybridized carbons (Fsp3) is 0.179. The van der Waals surface area contributed by atoms with Gasteiger partial charge in [-0.2, -0.15) is 0 Å². The van der Waals surface area contributed by atoms with E-state index in [-0.39, 0.29) is 5.92 Å². The molecule has 0 spiro atoms. The molecule has 0 radical (unpaired) electrons. The average Bonchev–Trinajstić information content (AvgIpc) is 3.07. The van der Waals surface area contributed by atoms with Crippen LogP contribution in [0.5, 0.6) is 0 Å². The Morgan fingerprint density at radius 2 is 1.17 bits per heavy atom. The molecule has 0 bridgehead atoms. The van der Waals surface area contributed by atoms with Gasteiger partial charge in [-0.1, -0.05) is 137 Å². The predicted octanol–water partition coefficient (Wildman–Crippen LogP) is 10.2. The van der Waals surface area contributed by atoms with Crippen molar-refractivity contribution in [1.82, 2.24) is 0 Å². The minimum Gasteiger partial charge on any atom is -0.387 e. The molecule has 0 aliphatic rings. The van der Waals surface area contributed by atoms with Gasteiger partial charge in [0, 0.05) is 11.5 Å². The van der Waals surface area contributed by atoms with Crippen LogP contribution in [0.3, 0.4) is 0 Å².